The second-order valence-electron chi connectivity index (χ2n) is 8.20. The summed E-state index contributed by atoms with van der Waals surface area (Å²) >= 11 is 0. The minimum atomic E-state index is -3.60. The van der Waals surface area contributed by atoms with Crippen molar-refractivity contribution < 1.29 is 27.0 Å². The maximum atomic E-state index is 13.8. The van der Waals surface area contributed by atoms with Crippen molar-refractivity contribution in [2.45, 2.75) is 45.4 Å². The Bertz CT molecular complexity index is 1090. The van der Waals surface area contributed by atoms with Crippen LogP contribution in [0.4, 0.5) is 8.78 Å². The van der Waals surface area contributed by atoms with Crippen molar-refractivity contribution in [3.63, 3.8) is 0 Å². The Hall–Kier alpha value is -2.69. The SMILES string of the molecule is CCc1cccc(CNC[C@@H](O)[C@H](Cc2cc(F)cc(F)c2)N2COC=C2NS(=O)(=O)CC)c1. The van der Waals surface area contributed by atoms with Gasteiger partial charge in [0.1, 0.15) is 17.9 Å². The van der Waals surface area contributed by atoms with Gasteiger partial charge in [-0.1, -0.05) is 31.2 Å². The second kappa shape index (κ2) is 11.6. The molecule has 2 aromatic carbocycles. The number of rotatable bonds is 12. The fourth-order valence-corrected chi connectivity index (χ4v) is 4.43. The topological polar surface area (TPSA) is 90.9 Å². The summed E-state index contributed by atoms with van der Waals surface area (Å²) in [6, 6.07) is 10.6. The number of nitrogens with one attached hydrogen (secondary N) is 2. The third-order valence-electron chi connectivity index (χ3n) is 5.65. The number of aliphatic hydroxyl groups excluding tert-OH is 1. The minimum absolute atomic E-state index is 0.0142. The average Bonchev–Trinajstić information content (AvgIpc) is 3.23. The quantitative estimate of drug-likeness (QED) is 0.420. The lowest BCUT2D eigenvalue weighted by Gasteiger charge is -2.34. The molecule has 3 N–H and O–H groups in total. The molecule has 1 aliphatic heterocycles. The van der Waals surface area contributed by atoms with Crippen LogP contribution in [0.15, 0.2) is 54.5 Å². The van der Waals surface area contributed by atoms with Gasteiger partial charge in [-0.2, -0.15) is 0 Å². The molecule has 0 bridgehead atoms. The number of halogens is 2. The number of ether oxygens (including phenoxy) is 1. The van der Waals surface area contributed by atoms with Crippen LogP contribution in [-0.4, -0.2) is 49.6 Å². The Kier molecular flexibility index (Phi) is 8.87. The van der Waals surface area contributed by atoms with Crippen LogP contribution in [0, 0.1) is 11.6 Å². The summed E-state index contributed by atoms with van der Waals surface area (Å²) in [5.41, 5.74) is 2.61. The van der Waals surface area contributed by atoms with Gasteiger partial charge in [0.2, 0.25) is 10.0 Å². The molecule has 0 saturated carbocycles. The molecule has 7 nitrogen and oxygen atoms in total. The van der Waals surface area contributed by atoms with Gasteiger partial charge in [0.25, 0.3) is 0 Å². The Morgan fingerprint density at radius 2 is 1.79 bits per heavy atom. The summed E-state index contributed by atoms with van der Waals surface area (Å²) in [6.45, 7) is 4.26. The molecule has 2 aromatic rings. The summed E-state index contributed by atoms with van der Waals surface area (Å²) < 4.78 is 59.6. The van der Waals surface area contributed by atoms with Gasteiger partial charge in [0.15, 0.2) is 12.6 Å². The van der Waals surface area contributed by atoms with Gasteiger partial charge in [-0.25, -0.2) is 17.2 Å². The zero-order valence-electron chi connectivity index (χ0n) is 19.3. The van der Waals surface area contributed by atoms with Crippen molar-refractivity contribution in [3.8, 4) is 0 Å². The van der Waals surface area contributed by atoms with Crippen LogP contribution in [0.1, 0.15) is 30.5 Å². The Morgan fingerprint density at radius 1 is 1.09 bits per heavy atom. The first-order valence-electron chi connectivity index (χ1n) is 11.2. The van der Waals surface area contributed by atoms with Gasteiger partial charge < -0.3 is 20.1 Å². The van der Waals surface area contributed by atoms with E-state index < -0.39 is 33.8 Å². The van der Waals surface area contributed by atoms with Gasteiger partial charge in [0.05, 0.1) is 17.9 Å². The molecule has 10 heteroatoms. The maximum Gasteiger partial charge on any atom is 0.233 e. The number of aryl methyl sites for hydroxylation is 1. The van der Waals surface area contributed by atoms with Crippen LogP contribution < -0.4 is 10.0 Å². The molecule has 0 amide bonds. The lowest BCUT2D eigenvalue weighted by atomic mass is 9.99. The predicted molar refractivity (Wildman–Crippen MR) is 126 cm³/mol. The first-order valence-corrected chi connectivity index (χ1v) is 12.9. The largest absolute Gasteiger partial charge is 0.477 e. The lowest BCUT2D eigenvalue weighted by Crippen LogP contribution is -2.50. The van der Waals surface area contributed by atoms with E-state index >= 15 is 0 Å². The Balaban J connectivity index is 1.76. The average molecular weight is 496 g/mol. The maximum absolute atomic E-state index is 13.8. The highest BCUT2D eigenvalue weighted by Gasteiger charge is 2.32. The second-order valence-corrected chi connectivity index (χ2v) is 10.2. The van der Waals surface area contributed by atoms with Crippen LogP contribution >= 0.6 is 0 Å². The van der Waals surface area contributed by atoms with Crippen molar-refractivity contribution in [2.75, 3.05) is 19.0 Å². The van der Waals surface area contributed by atoms with Crippen molar-refractivity contribution in [3.05, 3.63) is 82.9 Å². The number of hydrogen-bond donors (Lipinski definition) is 3. The lowest BCUT2D eigenvalue weighted by molar-refractivity contribution is 0.0365. The molecule has 0 aromatic heterocycles. The highest BCUT2D eigenvalue weighted by atomic mass is 32.2. The van der Waals surface area contributed by atoms with Crippen LogP contribution in [0.25, 0.3) is 0 Å². The zero-order valence-corrected chi connectivity index (χ0v) is 20.1. The third kappa shape index (κ3) is 7.15. The number of hydrogen-bond acceptors (Lipinski definition) is 6. The number of sulfonamides is 1. The summed E-state index contributed by atoms with van der Waals surface area (Å²) in [4.78, 5) is 1.56. The van der Waals surface area contributed by atoms with Crippen molar-refractivity contribution >= 4 is 10.0 Å². The molecule has 0 radical (unpaired) electrons. The summed E-state index contributed by atoms with van der Waals surface area (Å²) in [7, 11) is -3.60. The van der Waals surface area contributed by atoms with E-state index in [4.69, 9.17) is 4.74 Å². The van der Waals surface area contributed by atoms with Crippen molar-refractivity contribution in [1.29, 1.82) is 0 Å². The first kappa shape index (κ1) is 25.9. The Labute approximate surface area is 199 Å². The van der Waals surface area contributed by atoms with Gasteiger partial charge in [-0.05, 0) is 48.6 Å². The van der Waals surface area contributed by atoms with Crippen LogP contribution in [-0.2, 0) is 34.1 Å². The molecular formula is C24H31F2N3O4S. The van der Waals surface area contributed by atoms with E-state index in [-0.39, 0.29) is 31.3 Å². The fraction of sp³-hybridized carbons (Fsp3) is 0.417. The van der Waals surface area contributed by atoms with Gasteiger partial charge in [-0.15, -0.1) is 0 Å². The normalized spacial score (nSPS) is 15.6. The number of nitrogens with zero attached hydrogens (tertiary/aromatic N) is 1. The van der Waals surface area contributed by atoms with E-state index in [1.165, 1.54) is 30.9 Å². The van der Waals surface area contributed by atoms with Gasteiger partial charge >= 0.3 is 0 Å². The summed E-state index contributed by atoms with van der Waals surface area (Å²) in [5, 5.41) is 14.3. The monoisotopic (exact) mass is 495 g/mol. The van der Waals surface area contributed by atoms with Crippen molar-refractivity contribution in [2.24, 2.45) is 0 Å². The molecule has 0 spiro atoms. The summed E-state index contributed by atoms with van der Waals surface area (Å²) in [5.74, 6) is -1.42. The number of benzene rings is 2. The van der Waals surface area contributed by atoms with Gasteiger partial charge in [0, 0.05) is 19.2 Å². The van der Waals surface area contributed by atoms with Crippen LogP contribution in [0.3, 0.4) is 0 Å². The van der Waals surface area contributed by atoms with E-state index in [1.807, 2.05) is 18.2 Å². The Morgan fingerprint density at radius 3 is 2.47 bits per heavy atom. The molecule has 1 aliphatic rings. The van der Waals surface area contributed by atoms with Gasteiger partial charge in [-0.3, -0.25) is 4.72 Å². The molecule has 0 aliphatic carbocycles. The molecule has 1 heterocycles. The fourth-order valence-electron chi connectivity index (χ4n) is 3.81. The van der Waals surface area contributed by atoms with E-state index in [0.717, 1.165) is 18.1 Å². The van der Waals surface area contributed by atoms with Crippen LogP contribution in [0.5, 0.6) is 0 Å². The van der Waals surface area contributed by atoms with E-state index in [0.29, 0.717) is 12.1 Å². The molecule has 0 unspecified atom stereocenters. The van der Waals surface area contributed by atoms with Crippen molar-refractivity contribution in [1.82, 2.24) is 14.9 Å². The molecule has 0 fully saturated rings. The predicted octanol–water partition coefficient (Wildman–Crippen LogP) is 2.62. The first-order chi connectivity index (χ1) is 16.2. The highest BCUT2D eigenvalue weighted by Crippen LogP contribution is 2.22. The highest BCUT2D eigenvalue weighted by molar-refractivity contribution is 7.89. The minimum Gasteiger partial charge on any atom is -0.477 e. The van der Waals surface area contributed by atoms with E-state index in [2.05, 4.69) is 23.0 Å². The van der Waals surface area contributed by atoms with Crippen LogP contribution in [0.2, 0.25) is 0 Å². The smallest absolute Gasteiger partial charge is 0.233 e. The summed E-state index contributed by atoms with van der Waals surface area (Å²) in [6.07, 6.45) is 1.25. The molecule has 2 atom stereocenters. The standard InChI is InChI=1S/C24H31F2N3O4S/c1-3-17-6-5-7-18(8-17)13-27-14-23(30)22(11-19-9-20(25)12-21(26)10-19)29-16-33-15-24(29)28-34(31,32)4-2/h5-10,12,15,22-23,27-28,30H,3-4,11,13-14,16H2,1-2H3/t22-,23+/m0/s1. The van der Waals surface area contributed by atoms with E-state index in [1.54, 1.807) is 4.90 Å². The zero-order chi connectivity index (χ0) is 24.7. The molecule has 3 rings (SSSR count). The molecule has 0 saturated heterocycles. The third-order valence-corrected chi connectivity index (χ3v) is 6.93. The number of aliphatic hydroxyl groups is 1. The molecular weight excluding hydrogens is 464 g/mol. The van der Waals surface area contributed by atoms with E-state index in [9.17, 15) is 22.3 Å². The molecule has 34 heavy (non-hydrogen) atoms. The molecule has 186 valence electrons.